The van der Waals surface area contributed by atoms with Crippen molar-refractivity contribution in [2.75, 3.05) is 40.3 Å². The first-order chi connectivity index (χ1) is 11.9. The first-order valence-corrected chi connectivity index (χ1v) is 8.77. The lowest BCUT2D eigenvalue weighted by Gasteiger charge is -2.29. The molecular formula is C19H26N2O4. The van der Waals surface area contributed by atoms with E-state index in [-0.39, 0.29) is 11.8 Å². The number of likely N-dealkylation sites (tertiary alicyclic amines) is 2. The first-order valence-electron chi connectivity index (χ1n) is 8.77. The molecule has 136 valence electrons. The lowest BCUT2D eigenvalue weighted by atomic mass is 9.75. The van der Waals surface area contributed by atoms with Crippen molar-refractivity contribution in [1.82, 2.24) is 9.80 Å². The second-order valence-electron chi connectivity index (χ2n) is 7.32. The van der Waals surface area contributed by atoms with Crippen molar-refractivity contribution in [3.63, 3.8) is 0 Å². The van der Waals surface area contributed by atoms with Gasteiger partial charge in [-0.1, -0.05) is 12.1 Å². The molecule has 0 aromatic heterocycles. The van der Waals surface area contributed by atoms with Crippen LogP contribution in [0.5, 0.6) is 5.75 Å². The van der Waals surface area contributed by atoms with Crippen molar-refractivity contribution in [3.05, 3.63) is 29.8 Å². The molecule has 1 aromatic carbocycles. The Kier molecular flexibility index (Phi) is 4.99. The highest BCUT2D eigenvalue weighted by Gasteiger charge is 2.52. The van der Waals surface area contributed by atoms with Crippen LogP contribution in [-0.4, -0.2) is 67.1 Å². The molecule has 0 bridgehead atoms. The van der Waals surface area contributed by atoms with E-state index in [1.165, 1.54) is 0 Å². The number of nitrogens with zero attached hydrogens (tertiary/aromatic N) is 2. The van der Waals surface area contributed by atoms with Crippen molar-refractivity contribution in [2.45, 2.75) is 19.3 Å². The van der Waals surface area contributed by atoms with E-state index in [0.717, 1.165) is 24.3 Å². The van der Waals surface area contributed by atoms with E-state index in [9.17, 15) is 14.7 Å². The van der Waals surface area contributed by atoms with E-state index in [4.69, 9.17) is 4.74 Å². The molecule has 1 N–H and O–H groups in total. The fourth-order valence-corrected chi connectivity index (χ4v) is 4.29. The fourth-order valence-electron chi connectivity index (χ4n) is 4.29. The second-order valence-corrected chi connectivity index (χ2v) is 7.32. The van der Waals surface area contributed by atoms with E-state index in [2.05, 4.69) is 4.90 Å². The van der Waals surface area contributed by atoms with E-state index in [1.54, 1.807) is 7.11 Å². The van der Waals surface area contributed by atoms with Gasteiger partial charge in [0.25, 0.3) is 0 Å². The molecule has 2 aliphatic heterocycles. The molecule has 0 aliphatic carbocycles. The highest BCUT2D eigenvalue weighted by Crippen LogP contribution is 2.42. The van der Waals surface area contributed by atoms with Gasteiger partial charge in [-0.2, -0.15) is 0 Å². The zero-order valence-electron chi connectivity index (χ0n) is 14.9. The van der Waals surface area contributed by atoms with Crippen LogP contribution in [0.3, 0.4) is 0 Å². The highest BCUT2D eigenvalue weighted by atomic mass is 16.5. The van der Waals surface area contributed by atoms with Crippen LogP contribution in [0.15, 0.2) is 24.3 Å². The summed E-state index contributed by atoms with van der Waals surface area (Å²) in [7, 11) is 3.58. The van der Waals surface area contributed by atoms with E-state index in [1.807, 2.05) is 36.2 Å². The van der Waals surface area contributed by atoms with Crippen LogP contribution in [0.4, 0.5) is 0 Å². The Bertz CT molecular complexity index is 645. The van der Waals surface area contributed by atoms with Gasteiger partial charge in [-0.25, -0.2) is 0 Å². The number of benzene rings is 1. The monoisotopic (exact) mass is 346 g/mol. The maximum absolute atomic E-state index is 12.8. The molecule has 1 amide bonds. The third kappa shape index (κ3) is 3.49. The van der Waals surface area contributed by atoms with Crippen LogP contribution in [0.2, 0.25) is 0 Å². The number of hydrogen-bond donors (Lipinski definition) is 1. The molecule has 0 spiro atoms. The second kappa shape index (κ2) is 7.04. The maximum atomic E-state index is 12.8. The maximum Gasteiger partial charge on any atom is 0.311 e. The summed E-state index contributed by atoms with van der Waals surface area (Å²) in [4.78, 5) is 28.6. The Morgan fingerprint density at radius 1 is 1.28 bits per heavy atom. The minimum Gasteiger partial charge on any atom is -0.497 e. The number of ether oxygens (including phenoxy) is 1. The average Bonchev–Trinajstić information content (AvgIpc) is 2.80. The summed E-state index contributed by atoms with van der Waals surface area (Å²) in [5.41, 5.74) is 0.243. The number of hydrogen-bond acceptors (Lipinski definition) is 4. The number of carbonyl (C=O) groups is 2. The van der Waals surface area contributed by atoms with Crippen molar-refractivity contribution in [1.29, 1.82) is 0 Å². The van der Waals surface area contributed by atoms with E-state index in [0.29, 0.717) is 32.5 Å². The number of methoxy groups -OCH3 is 1. The summed E-state index contributed by atoms with van der Waals surface area (Å²) in [6.07, 6.45) is 1.72. The SMILES string of the molecule is COc1ccc(CC(=O)N2CCC[C@]3(C(=O)O)CN(C)C[C@@H]3C2)cc1. The van der Waals surface area contributed by atoms with Gasteiger partial charge in [-0.05, 0) is 37.6 Å². The van der Waals surface area contributed by atoms with Gasteiger partial charge in [0.2, 0.25) is 5.91 Å². The van der Waals surface area contributed by atoms with Crippen molar-refractivity contribution in [3.8, 4) is 5.75 Å². The van der Waals surface area contributed by atoms with Gasteiger partial charge in [0.15, 0.2) is 0 Å². The van der Waals surface area contributed by atoms with Crippen LogP contribution in [0.1, 0.15) is 18.4 Å². The largest absolute Gasteiger partial charge is 0.497 e. The van der Waals surface area contributed by atoms with Crippen LogP contribution in [0.25, 0.3) is 0 Å². The summed E-state index contributed by atoms with van der Waals surface area (Å²) in [6, 6.07) is 7.51. The summed E-state index contributed by atoms with van der Waals surface area (Å²) in [5, 5.41) is 9.81. The average molecular weight is 346 g/mol. The molecule has 0 saturated carbocycles. The molecule has 3 rings (SSSR count). The van der Waals surface area contributed by atoms with Crippen LogP contribution >= 0.6 is 0 Å². The van der Waals surface area contributed by atoms with Crippen LogP contribution in [0, 0.1) is 11.3 Å². The number of carboxylic acids is 1. The molecule has 2 heterocycles. The number of carboxylic acid groups (broad SMARTS) is 1. The van der Waals surface area contributed by atoms with Crippen molar-refractivity contribution in [2.24, 2.45) is 11.3 Å². The lowest BCUT2D eigenvalue weighted by Crippen LogP contribution is -2.43. The van der Waals surface area contributed by atoms with Gasteiger partial charge in [-0.3, -0.25) is 9.59 Å². The molecule has 0 radical (unpaired) electrons. The summed E-state index contributed by atoms with van der Waals surface area (Å²) in [6.45, 7) is 2.49. The standard InChI is InChI=1S/C19H26N2O4/c1-20-11-15-12-21(9-3-8-19(15,13-20)18(23)24)17(22)10-14-4-6-16(25-2)7-5-14/h4-7,15H,3,8-13H2,1-2H3,(H,23,24)/t15-,19+/m1/s1. The lowest BCUT2D eigenvalue weighted by molar-refractivity contribution is -0.151. The molecule has 1 aromatic rings. The molecule has 2 atom stereocenters. The molecule has 2 fully saturated rings. The Hall–Kier alpha value is -2.08. The van der Waals surface area contributed by atoms with Crippen LogP contribution in [-0.2, 0) is 16.0 Å². The number of carbonyl (C=O) groups excluding carboxylic acids is 1. The Balaban J connectivity index is 1.70. The van der Waals surface area contributed by atoms with Crippen molar-refractivity contribution < 1.29 is 19.4 Å². The van der Waals surface area contributed by atoms with Gasteiger partial charge in [0.1, 0.15) is 5.75 Å². The Labute approximate surface area is 148 Å². The van der Waals surface area contributed by atoms with Gasteiger partial charge >= 0.3 is 5.97 Å². The van der Waals surface area contributed by atoms with Gasteiger partial charge in [-0.15, -0.1) is 0 Å². The van der Waals surface area contributed by atoms with Gasteiger partial charge in [0, 0.05) is 32.1 Å². The number of amides is 1. The van der Waals surface area contributed by atoms with Crippen molar-refractivity contribution >= 4 is 11.9 Å². The molecule has 0 unspecified atom stereocenters. The first kappa shape index (κ1) is 17.7. The van der Waals surface area contributed by atoms with Gasteiger partial charge < -0.3 is 19.6 Å². The quantitative estimate of drug-likeness (QED) is 0.894. The number of fused-ring (bicyclic) bond motifs is 1. The van der Waals surface area contributed by atoms with E-state index >= 15 is 0 Å². The summed E-state index contributed by atoms with van der Waals surface area (Å²) in [5.74, 6) is 0.121. The minimum atomic E-state index is -0.716. The zero-order chi connectivity index (χ0) is 18.0. The number of aliphatic carboxylic acids is 1. The summed E-state index contributed by atoms with van der Waals surface area (Å²) < 4.78 is 5.14. The summed E-state index contributed by atoms with van der Waals surface area (Å²) >= 11 is 0. The normalized spacial score (nSPS) is 26.8. The molecule has 6 nitrogen and oxygen atoms in total. The topological polar surface area (TPSA) is 70.1 Å². The molecular weight excluding hydrogens is 320 g/mol. The Morgan fingerprint density at radius 2 is 2.00 bits per heavy atom. The molecule has 2 aliphatic rings. The third-order valence-electron chi connectivity index (χ3n) is 5.65. The predicted octanol–water partition coefficient (Wildman–Crippen LogP) is 1.49. The zero-order valence-corrected chi connectivity index (χ0v) is 14.9. The predicted molar refractivity (Wildman–Crippen MR) is 93.6 cm³/mol. The molecule has 6 heteroatoms. The van der Waals surface area contributed by atoms with E-state index < -0.39 is 11.4 Å². The highest BCUT2D eigenvalue weighted by molar-refractivity contribution is 5.80. The fraction of sp³-hybridized carbons (Fsp3) is 0.579. The number of rotatable bonds is 4. The minimum absolute atomic E-state index is 0.00248. The smallest absolute Gasteiger partial charge is 0.311 e. The Morgan fingerprint density at radius 3 is 2.64 bits per heavy atom. The molecule has 2 saturated heterocycles. The van der Waals surface area contributed by atoms with Crippen LogP contribution < -0.4 is 4.74 Å². The van der Waals surface area contributed by atoms with Gasteiger partial charge in [0.05, 0.1) is 18.9 Å². The third-order valence-corrected chi connectivity index (χ3v) is 5.65. The molecule has 25 heavy (non-hydrogen) atoms.